The number of urea groups is 1. The summed E-state index contributed by atoms with van der Waals surface area (Å²) in [5.74, 6) is 3.01. The lowest BCUT2D eigenvalue weighted by Crippen LogP contribution is -2.42. The van der Waals surface area contributed by atoms with Gasteiger partial charge in [0.15, 0.2) is 5.75 Å². The summed E-state index contributed by atoms with van der Waals surface area (Å²) in [5, 5.41) is 3.07. The number of nitrogens with one attached hydrogen (secondary N) is 1. The van der Waals surface area contributed by atoms with Crippen molar-refractivity contribution in [1.29, 1.82) is 0 Å². The summed E-state index contributed by atoms with van der Waals surface area (Å²) in [6.07, 6.45) is 0.852. The molecular weight excluding hydrogens is 440 g/mol. The monoisotopic (exact) mass is 470 g/mol. The predicted octanol–water partition coefficient (Wildman–Crippen LogP) is 5.11. The van der Waals surface area contributed by atoms with Gasteiger partial charge in [0, 0.05) is 38.8 Å². The molecule has 5 rings (SSSR count). The van der Waals surface area contributed by atoms with Crippen molar-refractivity contribution in [1.82, 2.24) is 15.1 Å². The second kappa shape index (κ2) is 10.1. The molecule has 2 amide bonds. The molecule has 180 valence electrons. The number of hydrogen-bond donors (Lipinski definition) is 1. The Hall–Kier alpha value is -4.00. The van der Waals surface area contributed by atoms with E-state index in [2.05, 4.69) is 29.3 Å². The average Bonchev–Trinajstić information content (AvgIpc) is 3.22. The number of aliphatic imine (C=N–C) groups is 1. The van der Waals surface area contributed by atoms with Gasteiger partial charge in [-0.3, -0.25) is 0 Å². The quantitative estimate of drug-likeness (QED) is 0.578. The van der Waals surface area contributed by atoms with Gasteiger partial charge in [0.2, 0.25) is 0 Å². The van der Waals surface area contributed by atoms with Crippen molar-refractivity contribution in [2.45, 2.75) is 19.9 Å². The van der Waals surface area contributed by atoms with Gasteiger partial charge in [-0.25, -0.2) is 9.79 Å². The zero-order valence-corrected chi connectivity index (χ0v) is 20.2. The van der Waals surface area contributed by atoms with E-state index in [-0.39, 0.29) is 6.03 Å². The Kier molecular flexibility index (Phi) is 6.57. The van der Waals surface area contributed by atoms with E-state index in [9.17, 15) is 4.79 Å². The van der Waals surface area contributed by atoms with Crippen molar-refractivity contribution in [2.75, 3.05) is 33.3 Å². The van der Waals surface area contributed by atoms with E-state index in [0.717, 1.165) is 41.4 Å². The van der Waals surface area contributed by atoms with Crippen LogP contribution >= 0.6 is 0 Å². The highest BCUT2D eigenvalue weighted by Gasteiger charge is 2.26. The number of para-hydroxylation sites is 2. The molecule has 3 aromatic carbocycles. The van der Waals surface area contributed by atoms with Crippen molar-refractivity contribution in [2.24, 2.45) is 4.99 Å². The van der Waals surface area contributed by atoms with Crippen LogP contribution in [-0.2, 0) is 6.54 Å². The summed E-state index contributed by atoms with van der Waals surface area (Å²) in [7, 11) is 1.65. The number of fused-ring (bicyclic) bond motifs is 2. The lowest BCUT2D eigenvalue weighted by Gasteiger charge is -2.25. The third-order valence-electron chi connectivity index (χ3n) is 6.35. The Labute approximate surface area is 206 Å². The molecule has 0 saturated carbocycles. The van der Waals surface area contributed by atoms with Crippen LogP contribution in [0.4, 0.5) is 10.5 Å². The topological polar surface area (TPSA) is 66.4 Å². The van der Waals surface area contributed by atoms with E-state index in [4.69, 9.17) is 14.5 Å². The third-order valence-corrected chi connectivity index (χ3v) is 6.35. The fourth-order valence-corrected chi connectivity index (χ4v) is 4.51. The highest BCUT2D eigenvalue weighted by Crippen LogP contribution is 2.39. The van der Waals surface area contributed by atoms with Crippen LogP contribution in [0, 0.1) is 6.92 Å². The number of rotatable bonds is 3. The second-order valence-electron chi connectivity index (χ2n) is 8.84. The number of amidine groups is 1. The van der Waals surface area contributed by atoms with Gasteiger partial charge in [-0.1, -0.05) is 42.0 Å². The molecule has 1 fully saturated rings. The van der Waals surface area contributed by atoms with Crippen LogP contribution in [0.1, 0.15) is 23.1 Å². The highest BCUT2D eigenvalue weighted by molar-refractivity contribution is 6.04. The van der Waals surface area contributed by atoms with Crippen LogP contribution in [0.2, 0.25) is 0 Å². The van der Waals surface area contributed by atoms with E-state index in [1.54, 1.807) is 7.11 Å². The minimum atomic E-state index is -0.0324. The maximum Gasteiger partial charge on any atom is 0.317 e. The van der Waals surface area contributed by atoms with Crippen LogP contribution in [0.15, 0.2) is 71.7 Å². The highest BCUT2D eigenvalue weighted by atomic mass is 16.5. The fourth-order valence-electron chi connectivity index (χ4n) is 4.51. The SMILES string of the molecule is COc1ccc2c(c1)Oc1ccccc1N=C2N1CCCN(C(=O)NCc2cccc(C)c2)CC1. The minimum absolute atomic E-state index is 0.0324. The zero-order valence-electron chi connectivity index (χ0n) is 20.2. The van der Waals surface area contributed by atoms with E-state index in [0.29, 0.717) is 37.7 Å². The van der Waals surface area contributed by atoms with Crippen molar-refractivity contribution < 1.29 is 14.3 Å². The second-order valence-corrected chi connectivity index (χ2v) is 8.84. The lowest BCUT2D eigenvalue weighted by molar-refractivity contribution is 0.200. The summed E-state index contributed by atoms with van der Waals surface area (Å²) in [5.41, 5.74) is 4.00. The van der Waals surface area contributed by atoms with Gasteiger partial charge in [-0.05, 0) is 43.2 Å². The van der Waals surface area contributed by atoms with Gasteiger partial charge in [0.25, 0.3) is 0 Å². The standard InChI is InChI=1S/C28H30N4O3/c1-20-7-5-8-21(17-20)19-29-28(33)32-14-6-13-31(15-16-32)27-23-12-11-22(34-2)18-26(23)35-25-10-4-3-9-24(25)30-27/h3-5,7-12,17-18H,6,13-16,19H2,1-2H3,(H,29,33). The van der Waals surface area contributed by atoms with Crippen molar-refractivity contribution >= 4 is 17.6 Å². The van der Waals surface area contributed by atoms with Crippen molar-refractivity contribution in [3.8, 4) is 17.2 Å². The molecule has 0 atom stereocenters. The number of ether oxygens (including phenoxy) is 2. The molecule has 0 aromatic heterocycles. The molecular formula is C28H30N4O3. The number of amides is 2. The number of nitrogens with zero attached hydrogens (tertiary/aromatic N) is 3. The van der Waals surface area contributed by atoms with Gasteiger partial charge in [-0.2, -0.15) is 0 Å². The van der Waals surface area contributed by atoms with Crippen LogP contribution in [-0.4, -0.2) is 55.0 Å². The maximum absolute atomic E-state index is 12.9. The van der Waals surface area contributed by atoms with Crippen LogP contribution < -0.4 is 14.8 Å². The van der Waals surface area contributed by atoms with E-state index in [1.165, 1.54) is 5.56 Å². The molecule has 2 aliphatic heterocycles. The number of methoxy groups -OCH3 is 1. The summed E-state index contributed by atoms with van der Waals surface area (Å²) in [4.78, 5) is 22.1. The molecule has 0 radical (unpaired) electrons. The molecule has 3 aromatic rings. The number of aryl methyl sites for hydroxylation is 1. The minimum Gasteiger partial charge on any atom is -0.497 e. The first-order chi connectivity index (χ1) is 17.1. The molecule has 2 aliphatic rings. The number of hydrogen-bond acceptors (Lipinski definition) is 5. The Morgan fingerprint density at radius 1 is 1.00 bits per heavy atom. The van der Waals surface area contributed by atoms with Gasteiger partial charge in [-0.15, -0.1) is 0 Å². The smallest absolute Gasteiger partial charge is 0.317 e. The van der Waals surface area contributed by atoms with Gasteiger partial charge in [0.1, 0.15) is 23.0 Å². The lowest BCUT2D eigenvalue weighted by atomic mass is 10.1. The molecule has 0 spiro atoms. The van der Waals surface area contributed by atoms with E-state index < -0.39 is 0 Å². The molecule has 35 heavy (non-hydrogen) atoms. The van der Waals surface area contributed by atoms with Crippen molar-refractivity contribution in [3.05, 3.63) is 83.4 Å². The third kappa shape index (κ3) is 5.09. The molecule has 1 saturated heterocycles. The Morgan fingerprint density at radius 3 is 2.74 bits per heavy atom. The maximum atomic E-state index is 12.9. The molecule has 0 aliphatic carbocycles. The van der Waals surface area contributed by atoms with Crippen molar-refractivity contribution in [3.63, 3.8) is 0 Å². The first-order valence-corrected chi connectivity index (χ1v) is 12.0. The molecule has 2 heterocycles. The van der Waals surface area contributed by atoms with Gasteiger partial charge in [0.05, 0.1) is 12.7 Å². The normalized spacial score (nSPS) is 15.1. The predicted molar refractivity (Wildman–Crippen MR) is 137 cm³/mol. The summed E-state index contributed by atoms with van der Waals surface area (Å²) in [6.45, 7) is 5.39. The largest absolute Gasteiger partial charge is 0.497 e. The molecule has 7 nitrogen and oxygen atoms in total. The van der Waals surface area contributed by atoms with Crippen LogP contribution in [0.25, 0.3) is 0 Å². The van der Waals surface area contributed by atoms with Crippen LogP contribution in [0.3, 0.4) is 0 Å². The van der Waals surface area contributed by atoms with E-state index in [1.807, 2.05) is 59.5 Å². The van der Waals surface area contributed by atoms with E-state index >= 15 is 0 Å². The Bertz CT molecular complexity index is 1260. The summed E-state index contributed by atoms with van der Waals surface area (Å²) in [6, 6.07) is 21.8. The first-order valence-electron chi connectivity index (χ1n) is 12.0. The Morgan fingerprint density at radius 2 is 1.89 bits per heavy atom. The molecule has 0 unspecified atom stereocenters. The fraction of sp³-hybridized carbons (Fsp3) is 0.286. The number of carbonyl (C=O) groups excluding carboxylic acids is 1. The van der Waals surface area contributed by atoms with Gasteiger partial charge < -0.3 is 24.6 Å². The molecule has 0 bridgehead atoms. The first kappa shape index (κ1) is 22.8. The zero-order chi connectivity index (χ0) is 24.2. The summed E-state index contributed by atoms with van der Waals surface area (Å²) < 4.78 is 11.7. The number of carbonyl (C=O) groups is 1. The molecule has 1 N–H and O–H groups in total. The van der Waals surface area contributed by atoms with Gasteiger partial charge >= 0.3 is 6.03 Å². The molecule has 7 heteroatoms. The average molecular weight is 471 g/mol. The Balaban J connectivity index is 1.34. The summed E-state index contributed by atoms with van der Waals surface area (Å²) >= 11 is 0. The van der Waals surface area contributed by atoms with Crippen LogP contribution in [0.5, 0.6) is 17.2 Å². The number of benzene rings is 3.